The molecule has 0 aromatic heterocycles. The molecule has 0 aliphatic carbocycles. The first-order chi connectivity index (χ1) is 8.81. The van der Waals surface area contributed by atoms with Gasteiger partial charge in [-0.15, -0.1) is 6.58 Å². The minimum absolute atomic E-state index is 0.0294. The van der Waals surface area contributed by atoms with Gasteiger partial charge in [0.25, 0.3) is 0 Å². The number of hydrogen-bond donors (Lipinski definition) is 0. The molecule has 0 rings (SSSR count). The molecule has 0 aliphatic rings. The highest BCUT2D eigenvalue weighted by atomic mass is 16.5. The fourth-order valence-electron chi connectivity index (χ4n) is 2.05. The Labute approximate surface area is 116 Å². The second-order valence-electron chi connectivity index (χ2n) is 5.47. The second kappa shape index (κ2) is 7.97. The van der Waals surface area contributed by atoms with Gasteiger partial charge < -0.3 is 9.64 Å². The number of nitrogens with zero attached hydrogens (tertiary/aromatic N) is 1. The summed E-state index contributed by atoms with van der Waals surface area (Å²) in [4.78, 5) is 25.7. The molecule has 4 heteroatoms. The van der Waals surface area contributed by atoms with Crippen molar-refractivity contribution >= 4 is 11.9 Å². The number of amides is 1. The Morgan fingerprint density at radius 1 is 1.42 bits per heavy atom. The van der Waals surface area contributed by atoms with E-state index in [-0.39, 0.29) is 5.91 Å². The molecule has 0 heterocycles. The van der Waals surface area contributed by atoms with Crippen LogP contribution in [0.1, 0.15) is 46.5 Å². The second-order valence-corrected chi connectivity index (χ2v) is 5.47. The van der Waals surface area contributed by atoms with Gasteiger partial charge in [0.2, 0.25) is 5.91 Å². The summed E-state index contributed by atoms with van der Waals surface area (Å²) < 4.78 is 4.75. The number of hydrogen-bond acceptors (Lipinski definition) is 3. The van der Waals surface area contributed by atoms with Gasteiger partial charge in [0, 0.05) is 12.5 Å². The summed E-state index contributed by atoms with van der Waals surface area (Å²) >= 11 is 0. The zero-order chi connectivity index (χ0) is 15.1. The van der Waals surface area contributed by atoms with E-state index < -0.39 is 17.4 Å². The summed E-state index contributed by atoms with van der Waals surface area (Å²) in [6.07, 6.45) is 4.89. The first kappa shape index (κ1) is 17.7. The normalized spacial score (nSPS) is 12.7. The maximum absolute atomic E-state index is 12.5. The first-order valence-corrected chi connectivity index (χ1v) is 6.77. The number of rotatable bonds is 8. The number of methoxy groups -OCH3 is 1. The summed E-state index contributed by atoms with van der Waals surface area (Å²) in [5, 5.41) is 0. The van der Waals surface area contributed by atoms with Crippen LogP contribution in [0.5, 0.6) is 0 Å². The SMILES string of the molecule is C=CC[C@@H](C(=O)OC)N(C)C(=O)C(C)(C)CCCC. The predicted octanol–water partition coefficient (Wildman–Crippen LogP) is 2.78. The molecular weight excluding hydrogens is 242 g/mol. The van der Waals surface area contributed by atoms with E-state index >= 15 is 0 Å². The molecule has 4 nitrogen and oxygen atoms in total. The van der Waals surface area contributed by atoms with Gasteiger partial charge in [-0.05, 0) is 12.8 Å². The largest absolute Gasteiger partial charge is 0.467 e. The maximum atomic E-state index is 12.5. The lowest BCUT2D eigenvalue weighted by molar-refractivity contribution is -0.155. The average Bonchev–Trinajstić information content (AvgIpc) is 2.40. The van der Waals surface area contributed by atoms with Crippen LogP contribution >= 0.6 is 0 Å². The van der Waals surface area contributed by atoms with Crippen LogP contribution in [-0.2, 0) is 14.3 Å². The summed E-state index contributed by atoms with van der Waals surface area (Å²) in [5.41, 5.74) is -0.460. The number of carbonyl (C=O) groups excluding carboxylic acids is 2. The van der Waals surface area contributed by atoms with Gasteiger partial charge in [-0.1, -0.05) is 39.7 Å². The van der Waals surface area contributed by atoms with E-state index in [1.54, 1.807) is 13.1 Å². The van der Waals surface area contributed by atoms with Crippen molar-refractivity contribution in [1.82, 2.24) is 4.90 Å². The van der Waals surface area contributed by atoms with E-state index in [2.05, 4.69) is 13.5 Å². The summed E-state index contributed by atoms with van der Waals surface area (Å²) in [6.45, 7) is 9.56. The van der Waals surface area contributed by atoms with Gasteiger partial charge >= 0.3 is 5.97 Å². The molecule has 1 atom stereocenters. The number of carbonyl (C=O) groups is 2. The topological polar surface area (TPSA) is 46.6 Å². The fraction of sp³-hybridized carbons (Fsp3) is 0.733. The maximum Gasteiger partial charge on any atom is 0.328 e. The van der Waals surface area contributed by atoms with Crippen molar-refractivity contribution in [2.45, 2.75) is 52.5 Å². The molecule has 0 aromatic rings. The molecule has 0 spiro atoms. The Hall–Kier alpha value is -1.32. The third-order valence-electron chi connectivity index (χ3n) is 3.39. The van der Waals surface area contributed by atoms with E-state index in [0.29, 0.717) is 6.42 Å². The third kappa shape index (κ3) is 5.05. The van der Waals surface area contributed by atoms with Crippen molar-refractivity contribution in [3.05, 3.63) is 12.7 Å². The van der Waals surface area contributed by atoms with Crippen LogP contribution in [0.4, 0.5) is 0 Å². The Morgan fingerprint density at radius 2 is 2.00 bits per heavy atom. The van der Waals surface area contributed by atoms with E-state index in [0.717, 1.165) is 19.3 Å². The average molecular weight is 269 g/mol. The van der Waals surface area contributed by atoms with Gasteiger partial charge in [-0.25, -0.2) is 4.79 Å². The van der Waals surface area contributed by atoms with Gasteiger partial charge in [-0.3, -0.25) is 4.79 Å². The molecule has 0 radical (unpaired) electrons. The van der Waals surface area contributed by atoms with Crippen molar-refractivity contribution < 1.29 is 14.3 Å². The first-order valence-electron chi connectivity index (χ1n) is 6.77. The van der Waals surface area contributed by atoms with E-state index in [9.17, 15) is 9.59 Å². The standard InChI is InChI=1S/C15H27NO3/c1-7-9-11-15(3,4)14(18)16(5)12(10-8-2)13(17)19-6/h8,12H,2,7,9-11H2,1,3-6H3/t12-/m0/s1. The Morgan fingerprint density at radius 3 is 2.42 bits per heavy atom. The van der Waals surface area contributed by atoms with Crippen LogP contribution < -0.4 is 0 Å². The zero-order valence-corrected chi connectivity index (χ0v) is 12.9. The third-order valence-corrected chi connectivity index (χ3v) is 3.39. The monoisotopic (exact) mass is 269 g/mol. The summed E-state index contributed by atoms with van der Waals surface area (Å²) in [6, 6.07) is -0.587. The Kier molecular flexibility index (Phi) is 7.42. The van der Waals surface area contributed by atoms with Crippen LogP contribution in [0, 0.1) is 5.41 Å². The van der Waals surface area contributed by atoms with Gasteiger partial charge in [0.05, 0.1) is 7.11 Å². The lowest BCUT2D eigenvalue weighted by Gasteiger charge is -2.33. The number of ether oxygens (including phenoxy) is 1. The van der Waals surface area contributed by atoms with Gasteiger partial charge in [-0.2, -0.15) is 0 Å². The smallest absolute Gasteiger partial charge is 0.328 e. The zero-order valence-electron chi connectivity index (χ0n) is 12.9. The van der Waals surface area contributed by atoms with Crippen molar-refractivity contribution in [2.24, 2.45) is 5.41 Å². The van der Waals surface area contributed by atoms with Crippen LogP contribution in [0.25, 0.3) is 0 Å². The molecule has 0 saturated carbocycles. The van der Waals surface area contributed by atoms with Crippen LogP contribution in [0.15, 0.2) is 12.7 Å². The van der Waals surface area contributed by atoms with E-state index in [1.807, 2.05) is 13.8 Å². The van der Waals surface area contributed by atoms with E-state index in [1.165, 1.54) is 12.0 Å². The molecule has 0 aliphatic heterocycles. The van der Waals surface area contributed by atoms with E-state index in [4.69, 9.17) is 4.74 Å². The van der Waals surface area contributed by atoms with Crippen molar-refractivity contribution in [3.63, 3.8) is 0 Å². The van der Waals surface area contributed by atoms with Crippen LogP contribution in [0.2, 0.25) is 0 Å². The number of likely N-dealkylation sites (N-methyl/N-ethyl adjacent to an activating group) is 1. The highest BCUT2D eigenvalue weighted by molar-refractivity contribution is 5.87. The fourth-order valence-corrected chi connectivity index (χ4v) is 2.05. The summed E-state index contributed by atoms with van der Waals surface area (Å²) in [7, 11) is 2.99. The van der Waals surface area contributed by atoms with Crippen molar-refractivity contribution in [2.75, 3.05) is 14.2 Å². The minimum atomic E-state index is -0.587. The molecule has 0 N–H and O–H groups in total. The molecular formula is C15H27NO3. The van der Waals surface area contributed by atoms with Crippen LogP contribution in [0.3, 0.4) is 0 Å². The predicted molar refractivity (Wildman–Crippen MR) is 76.7 cm³/mol. The molecule has 19 heavy (non-hydrogen) atoms. The minimum Gasteiger partial charge on any atom is -0.467 e. The highest BCUT2D eigenvalue weighted by Gasteiger charge is 2.35. The Balaban J connectivity index is 4.92. The molecule has 0 bridgehead atoms. The lowest BCUT2D eigenvalue weighted by atomic mass is 9.85. The lowest BCUT2D eigenvalue weighted by Crippen LogP contribution is -2.48. The highest BCUT2D eigenvalue weighted by Crippen LogP contribution is 2.27. The number of esters is 1. The Bertz CT molecular complexity index is 323. The molecule has 110 valence electrons. The molecule has 0 unspecified atom stereocenters. The van der Waals surface area contributed by atoms with Crippen molar-refractivity contribution in [3.8, 4) is 0 Å². The van der Waals surface area contributed by atoms with Crippen LogP contribution in [-0.4, -0.2) is 37.0 Å². The van der Waals surface area contributed by atoms with Gasteiger partial charge in [0.15, 0.2) is 0 Å². The number of unbranched alkanes of at least 4 members (excludes halogenated alkanes) is 1. The molecule has 0 saturated heterocycles. The molecule has 1 amide bonds. The molecule has 0 aromatic carbocycles. The van der Waals surface area contributed by atoms with Crippen molar-refractivity contribution in [1.29, 1.82) is 0 Å². The molecule has 0 fully saturated rings. The van der Waals surface area contributed by atoms with Gasteiger partial charge in [0.1, 0.15) is 6.04 Å². The quantitative estimate of drug-likeness (QED) is 0.503. The summed E-state index contributed by atoms with van der Waals surface area (Å²) in [5.74, 6) is -0.430.